The predicted molar refractivity (Wildman–Crippen MR) is 207 cm³/mol. The van der Waals surface area contributed by atoms with Crippen LogP contribution in [0.3, 0.4) is 0 Å². The Balaban J connectivity index is 1.24. The SMILES string of the molecule is [2H]c1c([2H])c([2H])c2c(-c3ccccc3)c([2H])c(-c3nc(-c4ccccc4)nc(-c4ccc(-c5ccc(-c6ccccc6)c6ccccc56)cc4)n3)c([2H])c2c1[2H]. The quantitative estimate of drug-likeness (QED) is 0.181. The zero-order valence-corrected chi connectivity index (χ0v) is 26.8. The summed E-state index contributed by atoms with van der Waals surface area (Å²) in [5.41, 5.74) is 6.72. The van der Waals surface area contributed by atoms with Gasteiger partial charge in [0.2, 0.25) is 0 Å². The molecule has 0 unspecified atom stereocenters. The Bertz CT molecular complexity index is 2960. The number of fused-ring (bicyclic) bond motifs is 2. The molecule has 9 aromatic rings. The van der Waals surface area contributed by atoms with Gasteiger partial charge in [0.15, 0.2) is 17.5 Å². The van der Waals surface area contributed by atoms with Crippen LogP contribution in [0.15, 0.2) is 188 Å². The van der Waals surface area contributed by atoms with E-state index < -0.39 is 12.1 Å². The fourth-order valence-electron chi connectivity index (χ4n) is 6.42. The van der Waals surface area contributed by atoms with E-state index in [1.54, 1.807) is 24.3 Å². The number of benzene rings is 8. The van der Waals surface area contributed by atoms with Crippen LogP contribution in [-0.2, 0) is 0 Å². The summed E-state index contributed by atoms with van der Waals surface area (Å²) in [7, 11) is 0. The maximum atomic E-state index is 9.57. The van der Waals surface area contributed by atoms with E-state index in [1.165, 1.54) is 0 Å². The monoisotopic (exact) mass is 643 g/mol. The minimum absolute atomic E-state index is 0.000983. The molecule has 3 nitrogen and oxygen atoms in total. The van der Waals surface area contributed by atoms with Gasteiger partial charge in [-0.3, -0.25) is 0 Å². The predicted octanol–water partition coefficient (Wildman–Crippen LogP) is 12.2. The summed E-state index contributed by atoms with van der Waals surface area (Å²) in [4.78, 5) is 14.6. The molecule has 9 rings (SSSR count). The molecule has 0 radical (unpaired) electrons. The van der Waals surface area contributed by atoms with Crippen molar-refractivity contribution in [2.45, 2.75) is 0 Å². The minimum atomic E-state index is -0.456. The first-order chi connectivity index (χ1) is 27.3. The fraction of sp³-hybridized carbons (Fsp3) is 0. The molecule has 0 atom stereocenters. The molecule has 0 saturated carbocycles. The van der Waals surface area contributed by atoms with Gasteiger partial charge < -0.3 is 0 Å². The second kappa shape index (κ2) is 12.7. The van der Waals surface area contributed by atoms with Gasteiger partial charge in [-0.05, 0) is 67.0 Å². The van der Waals surface area contributed by atoms with Gasteiger partial charge in [0.1, 0.15) is 0 Å². The molecule has 0 fully saturated rings. The van der Waals surface area contributed by atoms with E-state index in [0.717, 1.165) is 33.0 Å². The summed E-state index contributed by atoms with van der Waals surface area (Å²) in [6.07, 6.45) is 0. The van der Waals surface area contributed by atoms with Gasteiger partial charge in [-0.2, -0.15) is 0 Å². The maximum Gasteiger partial charge on any atom is 0.164 e. The number of aromatic nitrogens is 3. The van der Waals surface area contributed by atoms with Crippen molar-refractivity contribution in [3.63, 3.8) is 0 Å². The Morgan fingerprint density at radius 3 is 1.32 bits per heavy atom. The third-order valence-electron chi connectivity index (χ3n) is 8.85. The van der Waals surface area contributed by atoms with E-state index in [4.69, 9.17) is 20.4 Å². The summed E-state index contributed by atoms with van der Waals surface area (Å²) in [6.45, 7) is 0. The van der Waals surface area contributed by atoms with Crippen molar-refractivity contribution in [2.24, 2.45) is 0 Å². The molecule has 1 heterocycles. The van der Waals surface area contributed by atoms with Crippen molar-refractivity contribution < 1.29 is 8.22 Å². The molecule has 0 amide bonds. The maximum absolute atomic E-state index is 9.57. The third-order valence-corrected chi connectivity index (χ3v) is 8.85. The number of rotatable bonds is 6. The molecule has 0 spiro atoms. The number of nitrogens with zero attached hydrogens (tertiary/aromatic N) is 3. The van der Waals surface area contributed by atoms with Gasteiger partial charge >= 0.3 is 0 Å². The lowest BCUT2D eigenvalue weighted by atomic mass is 9.92. The van der Waals surface area contributed by atoms with Gasteiger partial charge in [-0.1, -0.05) is 176 Å². The van der Waals surface area contributed by atoms with Crippen LogP contribution in [0.25, 0.3) is 89.1 Å². The van der Waals surface area contributed by atoms with Gasteiger partial charge in [-0.25, -0.2) is 15.0 Å². The van der Waals surface area contributed by atoms with Crippen LogP contribution in [0.2, 0.25) is 0 Å². The van der Waals surface area contributed by atoms with Crippen LogP contribution in [-0.4, -0.2) is 15.0 Å². The molecule has 50 heavy (non-hydrogen) atoms. The Morgan fingerprint density at radius 1 is 0.320 bits per heavy atom. The lowest BCUT2D eigenvalue weighted by molar-refractivity contribution is 1.07. The lowest BCUT2D eigenvalue weighted by Gasteiger charge is -2.13. The Hall–Kier alpha value is -6.71. The second-order valence-electron chi connectivity index (χ2n) is 11.9. The molecule has 3 heteroatoms. The normalized spacial score (nSPS) is 12.9. The highest BCUT2D eigenvalue weighted by Crippen LogP contribution is 2.37. The summed E-state index contributed by atoms with van der Waals surface area (Å²) in [6, 6.07) is 47.6. The van der Waals surface area contributed by atoms with E-state index in [0.29, 0.717) is 28.3 Å². The van der Waals surface area contributed by atoms with Crippen molar-refractivity contribution in [2.75, 3.05) is 0 Å². The van der Waals surface area contributed by atoms with Crippen molar-refractivity contribution in [3.05, 3.63) is 188 Å². The number of hydrogen-bond donors (Lipinski definition) is 0. The Kier molecular flexibility index (Phi) is 6.00. The van der Waals surface area contributed by atoms with Gasteiger partial charge in [0, 0.05) is 16.7 Å². The molecule has 0 saturated heterocycles. The highest BCUT2D eigenvalue weighted by atomic mass is 15.0. The fourth-order valence-corrected chi connectivity index (χ4v) is 6.42. The van der Waals surface area contributed by atoms with Gasteiger partial charge in [-0.15, -0.1) is 0 Å². The van der Waals surface area contributed by atoms with Crippen molar-refractivity contribution >= 4 is 21.5 Å². The first-order valence-corrected chi connectivity index (χ1v) is 16.4. The van der Waals surface area contributed by atoms with Crippen LogP contribution in [0.5, 0.6) is 0 Å². The van der Waals surface area contributed by atoms with Crippen molar-refractivity contribution in [3.8, 4) is 67.5 Å². The van der Waals surface area contributed by atoms with Crippen LogP contribution in [0.1, 0.15) is 8.22 Å². The first kappa shape index (κ1) is 23.6. The third kappa shape index (κ3) is 5.51. The van der Waals surface area contributed by atoms with Crippen LogP contribution in [0, 0.1) is 0 Å². The summed E-state index contributed by atoms with van der Waals surface area (Å²) < 4.78 is 53.6. The molecular formula is C47H31N3. The van der Waals surface area contributed by atoms with E-state index in [9.17, 15) is 2.74 Å². The van der Waals surface area contributed by atoms with Crippen LogP contribution >= 0.6 is 0 Å². The second-order valence-corrected chi connectivity index (χ2v) is 11.9. The molecule has 234 valence electrons. The standard InChI is InChI=1S/C47H31N3/c1-4-14-32(15-5-1)40-28-29-41(43-23-13-12-22-42(40)43)34-24-26-36(27-25-34)46-48-45(35-18-8-3-9-19-35)49-47(50-46)38-30-37-20-10-11-21-39(37)44(31-38)33-16-6-2-7-17-33/h1-31H/i10D,11D,20D,21D,30D,31D. The topological polar surface area (TPSA) is 38.7 Å². The zero-order valence-electron chi connectivity index (χ0n) is 32.8. The van der Waals surface area contributed by atoms with Crippen LogP contribution in [0.4, 0.5) is 0 Å². The summed E-state index contributed by atoms with van der Waals surface area (Å²) in [5.74, 6) is 0.731. The smallest absolute Gasteiger partial charge is 0.164 e. The average Bonchev–Trinajstić information content (AvgIpc) is 3.25. The molecule has 0 aliphatic carbocycles. The lowest BCUT2D eigenvalue weighted by Crippen LogP contribution is -2.00. The molecule has 1 aromatic heterocycles. The molecular weight excluding hydrogens is 607 g/mol. The Labute approximate surface area is 299 Å². The van der Waals surface area contributed by atoms with E-state index in [1.807, 2.05) is 78.9 Å². The van der Waals surface area contributed by atoms with Crippen molar-refractivity contribution in [1.29, 1.82) is 0 Å². The van der Waals surface area contributed by atoms with Crippen molar-refractivity contribution in [1.82, 2.24) is 15.0 Å². The van der Waals surface area contributed by atoms with Gasteiger partial charge in [0.05, 0.1) is 8.22 Å². The zero-order chi connectivity index (χ0) is 38.5. The minimum Gasteiger partial charge on any atom is -0.208 e. The highest BCUT2D eigenvalue weighted by Gasteiger charge is 2.16. The van der Waals surface area contributed by atoms with Crippen LogP contribution < -0.4 is 0 Å². The number of hydrogen-bond acceptors (Lipinski definition) is 3. The van der Waals surface area contributed by atoms with E-state index in [2.05, 4.69) is 48.5 Å². The van der Waals surface area contributed by atoms with E-state index >= 15 is 0 Å². The molecule has 0 bridgehead atoms. The Morgan fingerprint density at radius 2 is 0.740 bits per heavy atom. The highest BCUT2D eigenvalue weighted by molar-refractivity contribution is 6.05. The molecule has 0 N–H and O–H groups in total. The summed E-state index contributed by atoms with van der Waals surface area (Å²) >= 11 is 0. The molecule has 8 aromatic carbocycles. The first-order valence-electron chi connectivity index (χ1n) is 19.4. The molecule has 0 aliphatic heterocycles. The largest absolute Gasteiger partial charge is 0.208 e. The average molecular weight is 644 g/mol. The van der Waals surface area contributed by atoms with Gasteiger partial charge in [0.25, 0.3) is 0 Å². The summed E-state index contributed by atoms with van der Waals surface area (Å²) in [5, 5.41) is 2.39. The molecule has 0 aliphatic rings. The van der Waals surface area contributed by atoms with E-state index in [-0.39, 0.29) is 51.9 Å².